The molecule has 0 aromatic carbocycles. The first kappa shape index (κ1) is 9.25. The summed E-state index contributed by atoms with van der Waals surface area (Å²) in [5, 5.41) is 3.90. The summed E-state index contributed by atoms with van der Waals surface area (Å²) in [7, 11) is -2.85. The van der Waals surface area contributed by atoms with Crippen LogP contribution in [0.5, 0.6) is 0 Å². The molecule has 7 nitrogen and oxygen atoms in total. The summed E-state index contributed by atoms with van der Waals surface area (Å²) in [5.74, 6) is 6.14. The van der Waals surface area contributed by atoms with Crippen LogP contribution in [0.25, 0.3) is 0 Å². The highest BCUT2D eigenvalue weighted by Gasteiger charge is 2.23. The summed E-state index contributed by atoms with van der Waals surface area (Å²) in [4.78, 5) is 6.86. The van der Waals surface area contributed by atoms with Crippen LogP contribution in [-0.2, 0) is 9.84 Å². The van der Waals surface area contributed by atoms with E-state index in [1.54, 1.807) is 0 Å². The number of nitrogens with zero attached hydrogens (tertiary/aromatic N) is 4. The fourth-order valence-electron chi connectivity index (χ4n) is 1.32. The maximum Gasteiger partial charge on any atom is 0.246 e. The highest BCUT2D eigenvalue weighted by atomic mass is 32.2. The molecule has 0 unspecified atom stereocenters. The molecule has 0 amide bonds. The Morgan fingerprint density at radius 3 is 2.50 bits per heavy atom. The van der Waals surface area contributed by atoms with Gasteiger partial charge in [-0.1, -0.05) is 0 Å². The van der Waals surface area contributed by atoms with E-state index in [0.29, 0.717) is 19.0 Å². The molecule has 1 saturated heterocycles. The molecular formula is C6H11N5O2S. The van der Waals surface area contributed by atoms with E-state index in [9.17, 15) is 8.42 Å². The monoisotopic (exact) mass is 217 g/mol. The van der Waals surface area contributed by atoms with E-state index in [0.717, 1.165) is 4.79 Å². The zero-order valence-electron chi connectivity index (χ0n) is 7.50. The zero-order chi connectivity index (χ0) is 10.2. The van der Waals surface area contributed by atoms with Gasteiger partial charge in [-0.05, 0) is 0 Å². The highest BCUT2D eigenvalue weighted by molar-refractivity contribution is 7.91. The number of hydrogen-bond donors (Lipinski definition) is 1. The number of aromatic nitrogens is 3. The largest absolute Gasteiger partial charge is 0.337 e. The number of nitrogen functional groups attached to an aromatic ring is 1. The van der Waals surface area contributed by atoms with Gasteiger partial charge in [-0.3, -0.25) is 0 Å². The molecule has 0 bridgehead atoms. The van der Waals surface area contributed by atoms with Gasteiger partial charge < -0.3 is 10.7 Å². The van der Waals surface area contributed by atoms with Crippen molar-refractivity contribution in [3.63, 3.8) is 0 Å². The van der Waals surface area contributed by atoms with Gasteiger partial charge in [0.2, 0.25) is 5.95 Å². The van der Waals surface area contributed by atoms with Crippen molar-refractivity contribution in [1.29, 1.82) is 0 Å². The minimum atomic E-state index is -2.85. The molecule has 0 spiro atoms. The van der Waals surface area contributed by atoms with Crippen LogP contribution in [-0.4, -0.2) is 47.9 Å². The van der Waals surface area contributed by atoms with Gasteiger partial charge in [0.05, 0.1) is 11.5 Å². The van der Waals surface area contributed by atoms with E-state index >= 15 is 0 Å². The molecular weight excluding hydrogens is 206 g/mol. The van der Waals surface area contributed by atoms with Crippen molar-refractivity contribution < 1.29 is 8.42 Å². The van der Waals surface area contributed by atoms with Crippen LogP contribution in [0.2, 0.25) is 0 Å². The Hall–Kier alpha value is -1.31. The van der Waals surface area contributed by atoms with Crippen molar-refractivity contribution in [3.05, 3.63) is 6.33 Å². The fourth-order valence-corrected chi connectivity index (χ4v) is 2.52. The molecule has 2 N–H and O–H groups in total. The van der Waals surface area contributed by atoms with Gasteiger partial charge in [0.15, 0.2) is 9.84 Å². The Morgan fingerprint density at radius 1 is 1.36 bits per heavy atom. The molecule has 1 aliphatic heterocycles. The fraction of sp³-hybridized carbons (Fsp3) is 0.667. The van der Waals surface area contributed by atoms with Crippen LogP contribution in [0.4, 0.5) is 5.95 Å². The second-order valence-corrected chi connectivity index (χ2v) is 5.47. The van der Waals surface area contributed by atoms with Gasteiger partial charge in [0.25, 0.3) is 0 Å². The van der Waals surface area contributed by atoms with Crippen LogP contribution in [0.1, 0.15) is 0 Å². The van der Waals surface area contributed by atoms with E-state index in [1.807, 2.05) is 4.90 Å². The van der Waals surface area contributed by atoms with Gasteiger partial charge in [-0.2, -0.15) is 9.77 Å². The van der Waals surface area contributed by atoms with Crippen molar-refractivity contribution >= 4 is 15.8 Å². The Labute approximate surface area is 81.4 Å². The van der Waals surface area contributed by atoms with E-state index < -0.39 is 9.84 Å². The third-order valence-electron chi connectivity index (χ3n) is 2.12. The van der Waals surface area contributed by atoms with Crippen molar-refractivity contribution in [1.82, 2.24) is 14.9 Å². The van der Waals surface area contributed by atoms with Gasteiger partial charge in [-0.25, -0.2) is 8.42 Å². The Kier molecular flexibility index (Phi) is 2.06. The summed E-state index contributed by atoms with van der Waals surface area (Å²) in [6.45, 7) is 0.874. The quantitative estimate of drug-likeness (QED) is 0.559. The number of anilines is 1. The second-order valence-electron chi connectivity index (χ2n) is 3.16. The Morgan fingerprint density at radius 2 is 2.00 bits per heavy atom. The van der Waals surface area contributed by atoms with Crippen LogP contribution in [0.15, 0.2) is 6.33 Å². The van der Waals surface area contributed by atoms with E-state index in [2.05, 4.69) is 10.1 Å². The molecule has 2 heterocycles. The van der Waals surface area contributed by atoms with Gasteiger partial charge in [-0.15, -0.1) is 5.10 Å². The van der Waals surface area contributed by atoms with Crippen LogP contribution < -0.4 is 10.7 Å². The summed E-state index contributed by atoms with van der Waals surface area (Å²) < 4.78 is 22.3. The number of rotatable bonds is 1. The lowest BCUT2D eigenvalue weighted by atomic mass is 10.5. The minimum absolute atomic E-state index is 0.159. The molecule has 2 rings (SSSR count). The molecule has 1 aromatic heterocycles. The predicted octanol–water partition coefficient (Wildman–Crippen LogP) is -1.77. The maximum absolute atomic E-state index is 11.1. The van der Waals surface area contributed by atoms with Crippen LogP contribution >= 0.6 is 0 Å². The van der Waals surface area contributed by atoms with Crippen molar-refractivity contribution in [2.24, 2.45) is 0 Å². The lowest BCUT2D eigenvalue weighted by molar-refractivity contribution is 0.585. The SMILES string of the molecule is Nn1cnc(N2CCS(=O)(=O)CC2)n1. The summed E-state index contributed by atoms with van der Waals surface area (Å²) in [5.41, 5.74) is 0. The summed E-state index contributed by atoms with van der Waals surface area (Å²) in [6, 6.07) is 0. The third-order valence-corrected chi connectivity index (χ3v) is 3.73. The minimum Gasteiger partial charge on any atom is -0.337 e. The van der Waals surface area contributed by atoms with E-state index in [1.165, 1.54) is 6.33 Å². The second kappa shape index (κ2) is 3.12. The topological polar surface area (TPSA) is 94.1 Å². The predicted molar refractivity (Wildman–Crippen MR) is 51.0 cm³/mol. The molecule has 1 aliphatic rings. The highest BCUT2D eigenvalue weighted by Crippen LogP contribution is 2.10. The lowest BCUT2D eigenvalue weighted by Gasteiger charge is -2.24. The third kappa shape index (κ3) is 1.79. The van der Waals surface area contributed by atoms with Crippen molar-refractivity contribution in [2.45, 2.75) is 0 Å². The van der Waals surface area contributed by atoms with Gasteiger partial charge in [0.1, 0.15) is 6.33 Å². The average molecular weight is 217 g/mol. The molecule has 14 heavy (non-hydrogen) atoms. The molecule has 8 heteroatoms. The van der Waals surface area contributed by atoms with Crippen LogP contribution in [0.3, 0.4) is 0 Å². The average Bonchev–Trinajstić information content (AvgIpc) is 2.52. The number of sulfone groups is 1. The molecule has 1 aromatic rings. The van der Waals surface area contributed by atoms with Crippen LogP contribution in [0, 0.1) is 0 Å². The maximum atomic E-state index is 11.1. The van der Waals surface area contributed by atoms with E-state index in [-0.39, 0.29) is 11.5 Å². The molecule has 0 atom stereocenters. The molecule has 0 saturated carbocycles. The Bertz CT molecular complexity index is 411. The normalized spacial score (nSPS) is 21.0. The Balaban J connectivity index is 2.09. The summed E-state index contributed by atoms with van der Waals surface area (Å²) in [6.07, 6.45) is 1.39. The zero-order valence-corrected chi connectivity index (χ0v) is 8.31. The molecule has 0 aliphatic carbocycles. The van der Waals surface area contributed by atoms with E-state index in [4.69, 9.17) is 5.84 Å². The van der Waals surface area contributed by atoms with Crippen molar-refractivity contribution in [3.8, 4) is 0 Å². The number of nitrogens with two attached hydrogens (primary N) is 1. The number of hydrogen-bond acceptors (Lipinski definition) is 6. The standard InChI is InChI=1S/C6H11N5O2S/c7-11-5-8-6(9-11)10-1-3-14(12,13)4-2-10/h5H,1-4,7H2. The van der Waals surface area contributed by atoms with Crippen molar-refractivity contribution in [2.75, 3.05) is 35.3 Å². The first-order chi connectivity index (χ1) is 6.57. The lowest BCUT2D eigenvalue weighted by Crippen LogP contribution is -2.40. The molecule has 78 valence electrons. The molecule has 1 fully saturated rings. The summed E-state index contributed by atoms with van der Waals surface area (Å²) >= 11 is 0. The smallest absolute Gasteiger partial charge is 0.246 e. The van der Waals surface area contributed by atoms with Gasteiger partial charge in [0, 0.05) is 13.1 Å². The first-order valence-electron chi connectivity index (χ1n) is 4.19. The van der Waals surface area contributed by atoms with Gasteiger partial charge >= 0.3 is 0 Å². The molecule has 0 radical (unpaired) electrons. The first-order valence-corrected chi connectivity index (χ1v) is 6.01.